The van der Waals surface area contributed by atoms with Gasteiger partial charge in [-0.05, 0) is 62.3 Å². The normalized spacial score (nSPS) is 14.6. The molecule has 42 heavy (non-hydrogen) atoms. The molecule has 0 radical (unpaired) electrons. The van der Waals surface area contributed by atoms with Gasteiger partial charge in [0.1, 0.15) is 21.9 Å². The average molecular weight is 662 g/mol. The summed E-state index contributed by atoms with van der Waals surface area (Å²) in [5.41, 5.74) is 3.69. The van der Waals surface area contributed by atoms with Crippen LogP contribution in [0.4, 0.5) is 21.5 Å². The average Bonchev–Trinajstić information content (AvgIpc) is 3.60. The van der Waals surface area contributed by atoms with E-state index < -0.39 is 11.9 Å². The molecule has 0 aliphatic carbocycles. The number of nitrogens with zero attached hydrogens (tertiary/aromatic N) is 5. The van der Waals surface area contributed by atoms with Crippen molar-refractivity contribution >= 4 is 85.7 Å². The number of rotatable bonds is 7. The molecule has 6 rings (SSSR count). The maximum atomic E-state index is 13.8. The Labute approximate surface area is 264 Å². The van der Waals surface area contributed by atoms with Crippen LogP contribution >= 0.6 is 57.7 Å². The van der Waals surface area contributed by atoms with Crippen LogP contribution in [0.15, 0.2) is 48.8 Å². The zero-order chi connectivity index (χ0) is 29.4. The highest BCUT2D eigenvalue weighted by Gasteiger charge is 2.26. The second kappa shape index (κ2) is 12.2. The molecule has 0 amide bonds. The third-order valence-electron chi connectivity index (χ3n) is 7.05. The van der Waals surface area contributed by atoms with Gasteiger partial charge in [-0.3, -0.25) is 4.98 Å². The van der Waals surface area contributed by atoms with Gasteiger partial charge in [0.15, 0.2) is 0 Å². The summed E-state index contributed by atoms with van der Waals surface area (Å²) in [4.78, 5) is 4.42. The van der Waals surface area contributed by atoms with Gasteiger partial charge in [0.2, 0.25) is 0 Å². The van der Waals surface area contributed by atoms with Crippen molar-refractivity contribution in [1.82, 2.24) is 25.3 Å². The fraction of sp³-hybridized carbons (Fsp3) is 0.214. The molecular formula is C28H21Cl4FN8S. The highest BCUT2D eigenvalue weighted by Crippen LogP contribution is 2.41. The minimum absolute atomic E-state index is 0.0519. The molecular weight excluding hydrogens is 641 g/mol. The van der Waals surface area contributed by atoms with E-state index in [1.54, 1.807) is 12.1 Å². The summed E-state index contributed by atoms with van der Waals surface area (Å²) in [5, 5.41) is 29.7. The number of nitriles is 1. The van der Waals surface area contributed by atoms with Gasteiger partial charge in [0.05, 0.1) is 49.4 Å². The maximum absolute atomic E-state index is 13.8. The van der Waals surface area contributed by atoms with Crippen LogP contribution < -0.4 is 16.0 Å². The second-order valence-electron chi connectivity index (χ2n) is 9.73. The first kappa shape index (κ1) is 28.9. The standard InChI is InChI=1S/C28H21Cl4FN8S/c29-20-8-15(1-2-22(20)33)37-25-14(11-34)12-36-26-18(25)7-16(9-21(26)30)38-27(19-10-24(31)42-28(19)32)23-13-41(40-39-23)17-3-5-35-6-4-17/h1-2,7-10,12-13,17,27,35,38H,3-6H2,(H,36,37). The van der Waals surface area contributed by atoms with Crippen LogP contribution in [0.25, 0.3) is 10.9 Å². The number of halogens is 5. The Bertz CT molecular complexity index is 1830. The Kier molecular flexibility index (Phi) is 8.41. The molecule has 1 atom stereocenters. The van der Waals surface area contributed by atoms with Crippen molar-refractivity contribution in [2.24, 2.45) is 0 Å². The minimum atomic E-state index is -0.549. The Morgan fingerprint density at radius 2 is 1.86 bits per heavy atom. The van der Waals surface area contributed by atoms with E-state index in [9.17, 15) is 9.65 Å². The summed E-state index contributed by atoms with van der Waals surface area (Å²) in [6, 6.07) is 11.5. The molecule has 8 nitrogen and oxygen atoms in total. The number of benzene rings is 2. The third kappa shape index (κ3) is 5.86. The van der Waals surface area contributed by atoms with Gasteiger partial charge in [0, 0.05) is 28.5 Å². The number of thiophene rings is 1. The van der Waals surface area contributed by atoms with Crippen molar-refractivity contribution in [1.29, 1.82) is 5.26 Å². The fourth-order valence-corrected chi connectivity index (χ4v) is 6.96. The molecule has 214 valence electrons. The smallest absolute Gasteiger partial charge is 0.141 e. The number of anilines is 3. The van der Waals surface area contributed by atoms with Crippen molar-refractivity contribution < 1.29 is 4.39 Å². The highest BCUT2D eigenvalue weighted by atomic mass is 35.5. The minimum Gasteiger partial charge on any atom is -0.373 e. The van der Waals surface area contributed by atoms with Gasteiger partial charge >= 0.3 is 0 Å². The van der Waals surface area contributed by atoms with Crippen molar-refractivity contribution in [3.63, 3.8) is 0 Å². The number of nitrogens with one attached hydrogen (secondary N) is 3. The van der Waals surface area contributed by atoms with Crippen LogP contribution in [0.5, 0.6) is 0 Å². The first-order valence-corrected chi connectivity index (χ1v) is 15.2. The Morgan fingerprint density at radius 1 is 1.07 bits per heavy atom. The van der Waals surface area contributed by atoms with E-state index in [1.165, 1.54) is 35.7 Å². The maximum Gasteiger partial charge on any atom is 0.141 e. The monoisotopic (exact) mass is 660 g/mol. The molecule has 0 spiro atoms. The fourth-order valence-electron chi connectivity index (χ4n) is 4.98. The molecule has 0 saturated carbocycles. The van der Waals surface area contributed by atoms with Gasteiger partial charge in [-0.2, -0.15) is 5.26 Å². The Hall–Kier alpha value is -3.17. The van der Waals surface area contributed by atoms with E-state index in [-0.39, 0.29) is 16.6 Å². The number of fused-ring (bicyclic) bond motifs is 1. The van der Waals surface area contributed by atoms with Gasteiger partial charge in [-0.25, -0.2) is 9.07 Å². The van der Waals surface area contributed by atoms with Crippen LogP contribution in [-0.4, -0.2) is 33.1 Å². The predicted octanol–water partition coefficient (Wildman–Crippen LogP) is 8.38. The van der Waals surface area contributed by atoms with Crippen LogP contribution in [0.1, 0.15) is 41.7 Å². The van der Waals surface area contributed by atoms with Crippen molar-refractivity contribution in [3.8, 4) is 6.07 Å². The van der Waals surface area contributed by atoms with E-state index >= 15 is 0 Å². The predicted molar refractivity (Wildman–Crippen MR) is 167 cm³/mol. The van der Waals surface area contributed by atoms with E-state index in [0.29, 0.717) is 47.4 Å². The molecule has 0 bridgehead atoms. The summed E-state index contributed by atoms with van der Waals surface area (Å²) in [6.45, 7) is 1.84. The zero-order valence-corrected chi connectivity index (χ0v) is 25.5. The SMILES string of the molecule is N#Cc1cnc2c(Cl)cc(NC(c3cn(C4CCNCC4)nn3)c3cc(Cl)sc3Cl)cc2c1Nc1ccc(F)c(Cl)c1. The molecule has 3 N–H and O–H groups in total. The molecule has 1 fully saturated rings. The van der Waals surface area contributed by atoms with Crippen LogP contribution in [0.3, 0.4) is 0 Å². The van der Waals surface area contributed by atoms with Gasteiger partial charge in [-0.15, -0.1) is 16.4 Å². The van der Waals surface area contributed by atoms with E-state index in [2.05, 4.69) is 37.3 Å². The van der Waals surface area contributed by atoms with Crippen molar-refractivity contribution in [3.05, 3.63) is 90.1 Å². The molecule has 5 aromatic rings. The van der Waals surface area contributed by atoms with Crippen LogP contribution in [0, 0.1) is 17.1 Å². The first-order valence-electron chi connectivity index (χ1n) is 12.9. The summed E-state index contributed by atoms with van der Waals surface area (Å²) in [5.74, 6) is -0.549. The van der Waals surface area contributed by atoms with Crippen molar-refractivity contribution in [2.75, 3.05) is 23.7 Å². The van der Waals surface area contributed by atoms with E-state index in [0.717, 1.165) is 31.5 Å². The summed E-state index contributed by atoms with van der Waals surface area (Å²) in [7, 11) is 0. The lowest BCUT2D eigenvalue weighted by Crippen LogP contribution is -2.29. The largest absolute Gasteiger partial charge is 0.373 e. The van der Waals surface area contributed by atoms with Gasteiger partial charge < -0.3 is 16.0 Å². The molecule has 1 saturated heterocycles. The topological polar surface area (TPSA) is 103 Å². The highest BCUT2D eigenvalue weighted by molar-refractivity contribution is 7.20. The van der Waals surface area contributed by atoms with Gasteiger partial charge in [0.25, 0.3) is 0 Å². The molecule has 1 aliphatic heterocycles. The second-order valence-corrected chi connectivity index (χ2v) is 12.8. The Morgan fingerprint density at radius 3 is 2.57 bits per heavy atom. The van der Waals surface area contributed by atoms with Crippen LogP contribution in [-0.2, 0) is 0 Å². The molecule has 2 aromatic carbocycles. The van der Waals surface area contributed by atoms with Crippen molar-refractivity contribution in [2.45, 2.75) is 24.9 Å². The van der Waals surface area contributed by atoms with Crippen LogP contribution in [0.2, 0.25) is 18.7 Å². The third-order valence-corrected chi connectivity index (χ3v) is 9.14. The number of pyridine rings is 1. The molecule has 1 aliphatic rings. The summed E-state index contributed by atoms with van der Waals surface area (Å²) < 4.78 is 16.8. The van der Waals surface area contributed by atoms with E-state index in [1.807, 2.05) is 16.9 Å². The molecule has 4 heterocycles. The molecule has 3 aromatic heterocycles. The van der Waals surface area contributed by atoms with E-state index in [4.69, 9.17) is 46.4 Å². The summed E-state index contributed by atoms with van der Waals surface area (Å²) >= 11 is 27.0. The van der Waals surface area contributed by atoms with Gasteiger partial charge in [-0.1, -0.05) is 51.6 Å². The number of hydrogen-bond acceptors (Lipinski definition) is 8. The first-order chi connectivity index (χ1) is 20.3. The molecule has 14 heteroatoms. The lowest BCUT2D eigenvalue weighted by atomic mass is 10.0. The lowest BCUT2D eigenvalue weighted by molar-refractivity contribution is 0.337. The summed E-state index contributed by atoms with van der Waals surface area (Å²) in [6.07, 6.45) is 5.27. The number of aromatic nitrogens is 4. The quantitative estimate of drug-likeness (QED) is 0.161. The number of piperidine rings is 1. The number of hydrogen-bond donors (Lipinski definition) is 3. The Balaban J connectivity index is 1.42. The molecule has 1 unspecified atom stereocenters. The zero-order valence-electron chi connectivity index (χ0n) is 21.6. The lowest BCUT2D eigenvalue weighted by Gasteiger charge is -2.22.